The minimum atomic E-state index is -4.92. The van der Waals surface area contributed by atoms with E-state index in [1.807, 2.05) is 0 Å². The predicted molar refractivity (Wildman–Crippen MR) is 62.6 cm³/mol. The molecule has 1 rings (SSSR count). The maximum Gasteiger partial charge on any atom is 0.417 e. The second kappa shape index (κ2) is 6.72. The molecule has 0 saturated carbocycles. The lowest BCUT2D eigenvalue weighted by atomic mass is 10.2. The highest BCUT2D eigenvalue weighted by atomic mass is 79.9. The maximum atomic E-state index is 10.4. The van der Waals surface area contributed by atoms with Crippen molar-refractivity contribution in [3.63, 3.8) is 0 Å². The molecule has 0 aromatic heterocycles. The molecule has 10 nitrogen and oxygen atoms in total. The molecule has 0 radical (unpaired) electrons. The average molecular weight is 351 g/mol. The Kier molecular flexibility index (Phi) is 5.97. The molecule has 0 unspecified atom stereocenters. The monoisotopic (exact) mass is 350 g/mol. The molecule has 0 aliphatic rings. The molecule has 1 aromatic carbocycles. The van der Waals surface area contributed by atoms with Gasteiger partial charge in [0.1, 0.15) is 10.5 Å². The molecule has 0 fully saturated rings. The summed E-state index contributed by atoms with van der Waals surface area (Å²) < 4.78 is 33.0. The Morgan fingerprint density at radius 2 is 1.95 bits per heavy atom. The average Bonchev–Trinajstić information content (AvgIpc) is 2.25. The first-order valence-electron chi connectivity index (χ1n) is 4.01. The molecule has 100 valence electrons. The number of benzene rings is 1. The highest BCUT2D eigenvalue weighted by Gasteiger charge is 2.23. The largest absolute Gasteiger partial charge is 0.726 e. The summed E-state index contributed by atoms with van der Waals surface area (Å²) in [7, 11) is -4.92. The quantitative estimate of drug-likeness (QED) is 0.262. The summed E-state index contributed by atoms with van der Waals surface area (Å²) in [6.07, 6.45) is 0. The third-order valence-electron chi connectivity index (χ3n) is 1.48. The Morgan fingerprint density at radius 1 is 1.47 bits per heavy atom. The lowest BCUT2D eigenvalue weighted by Crippen LogP contribution is -1.90. The molecule has 0 bridgehead atoms. The van der Waals surface area contributed by atoms with Gasteiger partial charge in [-0.25, -0.2) is 8.42 Å². The molecular weight excluding hydrogens is 348 g/mol. The van der Waals surface area contributed by atoms with Gasteiger partial charge in [-0.15, -0.1) is 0 Å². The van der Waals surface area contributed by atoms with Crippen LogP contribution in [0.3, 0.4) is 0 Å². The molecule has 0 heterocycles. The number of nitrogens with zero attached hydrogens (tertiary/aromatic N) is 4. The molecule has 1 N–H and O–H groups in total. The smallest absolute Gasteiger partial charge is 0.417 e. The number of hydrogen-bond acceptors (Lipinski definition) is 7. The van der Waals surface area contributed by atoms with E-state index in [1.54, 1.807) is 6.07 Å². The summed E-state index contributed by atoms with van der Waals surface area (Å²) in [6, 6.07) is 3.90. The van der Waals surface area contributed by atoms with Gasteiger partial charge in [-0.2, -0.15) is 5.26 Å². The molecule has 12 heteroatoms. The van der Waals surface area contributed by atoms with Gasteiger partial charge < -0.3 is 4.55 Å². The van der Waals surface area contributed by atoms with Gasteiger partial charge in [0.2, 0.25) is 15.8 Å². The molecule has 0 aliphatic heterocycles. The fourth-order valence-electron chi connectivity index (χ4n) is 0.877. The van der Waals surface area contributed by atoms with Gasteiger partial charge in [0, 0.05) is 12.1 Å². The van der Waals surface area contributed by atoms with Gasteiger partial charge in [0.25, 0.3) is 5.69 Å². The van der Waals surface area contributed by atoms with E-state index < -0.39 is 15.3 Å². The molecule has 0 aliphatic carbocycles. The third kappa shape index (κ3) is 6.39. The summed E-state index contributed by atoms with van der Waals surface area (Å²) >= 11 is 2.96. The van der Waals surface area contributed by atoms with Crippen molar-refractivity contribution in [1.82, 2.24) is 0 Å². The van der Waals surface area contributed by atoms with Crippen LogP contribution < -0.4 is 0 Å². The van der Waals surface area contributed by atoms with E-state index in [9.17, 15) is 10.1 Å². The zero-order valence-corrected chi connectivity index (χ0v) is 11.1. The van der Waals surface area contributed by atoms with E-state index in [1.165, 1.54) is 0 Å². The van der Waals surface area contributed by atoms with Crippen LogP contribution in [0, 0.1) is 26.8 Å². The van der Waals surface area contributed by atoms with E-state index in [4.69, 9.17) is 28.2 Å². The lowest BCUT2D eigenvalue weighted by Gasteiger charge is -1.91. The number of diazo groups is 1. The molecule has 0 saturated heterocycles. The Balaban J connectivity index is 0.000000555. The second-order valence-corrected chi connectivity index (χ2v) is 4.43. The van der Waals surface area contributed by atoms with Crippen LogP contribution in [-0.4, -0.2) is 22.4 Å². The van der Waals surface area contributed by atoms with Crippen LogP contribution in [0.15, 0.2) is 16.6 Å². The van der Waals surface area contributed by atoms with Crippen molar-refractivity contribution < 1.29 is 22.4 Å². The highest BCUT2D eigenvalue weighted by Crippen LogP contribution is 2.33. The Labute approximate surface area is 114 Å². The summed E-state index contributed by atoms with van der Waals surface area (Å²) in [5.41, 5.74) is -0.312. The van der Waals surface area contributed by atoms with Crippen LogP contribution in [0.25, 0.3) is 4.98 Å². The predicted octanol–water partition coefficient (Wildman–Crippen LogP) is 1.72. The van der Waals surface area contributed by atoms with E-state index >= 15 is 0 Å². The molecular formula is C7H3BrN4O6S. The van der Waals surface area contributed by atoms with Gasteiger partial charge >= 0.3 is 5.69 Å². The minimum Gasteiger partial charge on any atom is -0.726 e. The molecule has 0 spiro atoms. The molecule has 0 amide bonds. The minimum absolute atomic E-state index is 0.0156. The topological polar surface area (TPSA) is 173 Å². The number of hydrogen-bond donors (Lipinski definition) is 1. The van der Waals surface area contributed by atoms with Crippen LogP contribution in [-0.2, 0) is 10.4 Å². The number of nitro groups is 1. The zero-order chi connectivity index (χ0) is 15.2. The Morgan fingerprint density at radius 3 is 2.26 bits per heavy atom. The Bertz CT molecular complexity index is 681. The van der Waals surface area contributed by atoms with Crippen LogP contribution >= 0.6 is 15.9 Å². The highest BCUT2D eigenvalue weighted by molar-refractivity contribution is 9.10. The van der Waals surface area contributed by atoms with Gasteiger partial charge in [-0.3, -0.25) is 14.7 Å². The van der Waals surface area contributed by atoms with Gasteiger partial charge in [-0.1, -0.05) is 0 Å². The zero-order valence-electron chi connectivity index (χ0n) is 8.72. The number of nitriles is 1. The summed E-state index contributed by atoms with van der Waals surface area (Å²) in [5, 5.41) is 27.6. The first kappa shape index (κ1) is 16.9. The second-order valence-electron chi connectivity index (χ2n) is 2.72. The SMILES string of the molecule is N#Cc1cc([N+](=O)[O-])cc(Br)c1[N+]#N.O=S(=O)([O-])O. The van der Waals surface area contributed by atoms with Crippen LogP contribution in [0.1, 0.15) is 5.56 Å². The van der Waals surface area contributed by atoms with Gasteiger partial charge in [0.05, 0.1) is 4.92 Å². The van der Waals surface area contributed by atoms with Crippen LogP contribution in [0.4, 0.5) is 11.4 Å². The van der Waals surface area contributed by atoms with Crippen molar-refractivity contribution in [3.8, 4) is 6.07 Å². The third-order valence-corrected chi connectivity index (χ3v) is 2.08. The van der Waals surface area contributed by atoms with Gasteiger partial charge in [0.15, 0.2) is 10.5 Å². The van der Waals surface area contributed by atoms with Crippen molar-refractivity contribution in [2.75, 3.05) is 0 Å². The number of nitro benzene ring substituents is 1. The van der Waals surface area contributed by atoms with Crippen molar-refractivity contribution in [3.05, 3.63) is 37.3 Å². The van der Waals surface area contributed by atoms with Crippen molar-refractivity contribution >= 4 is 37.7 Å². The molecule has 1 aromatic rings. The standard InChI is InChI=1S/C7H2BrN4O2.H2O4S/c8-6-2-5(12(13)14)1-4(3-9)7(6)11-10;1-5(2,3)4/h1-2H;(H2,1,2,3,4)/q+1;/p-1. The first-order chi connectivity index (χ1) is 8.60. The number of halogens is 1. The van der Waals surface area contributed by atoms with Crippen LogP contribution in [0.5, 0.6) is 0 Å². The van der Waals surface area contributed by atoms with Crippen LogP contribution in [0.2, 0.25) is 0 Å². The lowest BCUT2D eigenvalue weighted by molar-refractivity contribution is -0.384. The van der Waals surface area contributed by atoms with E-state index in [0.29, 0.717) is 0 Å². The fourth-order valence-corrected chi connectivity index (χ4v) is 1.40. The number of non-ortho nitro benzene ring substituents is 1. The van der Waals surface area contributed by atoms with Crippen molar-refractivity contribution in [1.29, 1.82) is 10.7 Å². The van der Waals surface area contributed by atoms with Gasteiger partial charge in [-0.05, 0) is 15.9 Å². The maximum absolute atomic E-state index is 10.4. The first-order valence-corrected chi connectivity index (χ1v) is 6.17. The normalized spacial score (nSPS) is 9.53. The fraction of sp³-hybridized carbons (Fsp3) is 0. The number of rotatable bonds is 1. The summed E-state index contributed by atoms with van der Waals surface area (Å²) in [4.78, 5) is 12.6. The summed E-state index contributed by atoms with van der Waals surface area (Å²) in [5.74, 6) is 0. The molecule has 19 heavy (non-hydrogen) atoms. The van der Waals surface area contributed by atoms with E-state index in [2.05, 4.69) is 20.9 Å². The molecule has 0 atom stereocenters. The Hall–Kier alpha value is -2.12. The van der Waals surface area contributed by atoms with Crippen molar-refractivity contribution in [2.24, 2.45) is 0 Å². The van der Waals surface area contributed by atoms with Crippen molar-refractivity contribution in [2.45, 2.75) is 0 Å². The van der Waals surface area contributed by atoms with E-state index in [-0.39, 0.29) is 21.4 Å². The summed E-state index contributed by atoms with van der Waals surface area (Å²) in [6.45, 7) is 0. The van der Waals surface area contributed by atoms with E-state index in [0.717, 1.165) is 12.1 Å².